The molecule has 1 heterocycles. The van der Waals surface area contributed by atoms with Crippen molar-refractivity contribution in [3.05, 3.63) is 35.6 Å². The van der Waals surface area contributed by atoms with Crippen LogP contribution in [0.15, 0.2) is 24.3 Å². The number of carbonyl (C=O) groups excluding carboxylic acids is 1. The molecule has 5 nitrogen and oxygen atoms in total. The van der Waals surface area contributed by atoms with Crippen molar-refractivity contribution in [2.45, 2.75) is 12.5 Å². The first-order valence-corrected chi connectivity index (χ1v) is 6.29. The van der Waals surface area contributed by atoms with Crippen molar-refractivity contribution in [3.63, 3.8) is 0 Å². The Morgan fingerprint density at radius 3 is 2.60 bits per heavy atom. The van der Waals surface area contributed by atoms with E-state index in [-0.39, 0.29) is 31.4 Å². The van der Waals surface area contributed by atoms with Crippen LogP contribution in [0.1, 0.15) is 5.56 Å². The van der Waals surface area contributed by atoms with Gasteiger partial charge in [0.1, 0.15) is 11.7 Å². The fourth-order valence-corrected chi connectivity index (χ4v) is 2.25. The molecule has 1 aliphatic heterocycles. The topological polar surface area (TPSA) is 66.8 Å². The number of ether oxygens (including phenoxy) is 1. The van der Waals surface area contributed by atoms with Crippen LogP contribution in [0.4, 0.5) is 4.39 Å². The number of carbonyl (C=O) groups is 2. The van der Waals surface area contributed by atoms with Gasteiger partial charge in [0.2, 0.25) is 5.91 Å². The van der Waals surface area contributed by atoms with E-state index in [0.29, 0.717) is 5.56 Å². The fourth-order valence-electron chi connectivity index (χ4n) is 2.25. The highest BCUT2D eigenvalue weighted by Gasteiger charge is 2.38. The van der Waals surface area contributed by atoms with Crippen molar-refractivity contribution in [2.24, 2.45) is 5.92 Å². The average Bonchev–Trinajstić information content (AvgIpc) is 2.90. The molecule has 6 heteroatoms. The zero-order valence-corrected chi connectivity index (χ0v) is 11.1. The van der Waals surface area contributed by atoms with E-state index in [4.69, 9.17) is 9.84 Å². The molecule has 0 radical (unpaired) electrons. The van der Waals surface area contributed by atoms with Crippen molar-refractivity contribution < 1.29 is 23.8 Å². The van der Waals surface area contributed by atoms with Crippen LogP contribution < -0.4 is 0 Å². The first-order chi connectivity index (χ1) is 9.49. The standard InChI is InChI=1S/C14H16FNO4/c1-16(12-8-20-7-11(12)14(18)19)13(17)6-9-2-4-10(15)5-3-9/h2-5,11-12H,6-8H2,1H3,(H,18,19). The SMILES string of the molecule is CN(C(=O)Cc1ccc(F)cc1)C1COCC1C(=O)O. The molecule has 1 saturated heterocycles. The molecule has 0 saturated carbocycles. The second-order valence-corrected chi connectivity index (χ2v) is 4.86. The number of carboxylic acids is 1. The van der Waals surface area contributed by atoms with Gasteiger partial charge in [0.15, 0.2) is 0 Å². The zero-order chi connectivity index (χ0) is 14.7. The van der Waals surface area contributed by atoms with Crippen molar-refractivity contribution in [2.75, 3.05) is 20.3 Å². The molecule has 1 aliphatic rings. The summed E-state index contributed by atoms with van der Waals surface area (Å²) in [5.41, 5.74) is 0.689. The van der Waals surface area contributed by atoms with Crippen molar-refractivity contribution in [1.29, 1.82) is 0 Å². The van der Waals surface area contributed by atoms with E-state index in [2.05, 4.69) is 0 Å². The maximum atomic E-state index is 12.8. The normalized spacial score (nSPS) is 21.7. The number of halogens is 1. The van der Waals surface area contributed by atoms with Crippen LogP contribution in [0.5, 0.6) is 0 Å². The fraction of sp³-hybridized carbons (Fsp3) is 0.429. The third-order valence-corrected chi connectivity index (χ3v) is 3.53. The highest BCUT2D eigenvalue weighted by Crippen LogP contribution is 2.20. The number of likely N-dealkylation sites (N-methyl/N-ethyl adjacent to an activating group) is 1. The lowest BCUT2D eigenvalue weighted by Crippen LogP contribution is -2.44. The van der Waals surface area contributed by atoms with Gasteiger partial charge in [-0.1, -0.05) is 12.1 Å². The lowest BCUT2D eigenvalue weighted by atomic mass is 10.0. The number of aliphatic carboxylic acids is 1. The van der Waals surface area contributed by atoms with E-state index < -0.39 is 17.9 Å². The number of rotatable bonds is 4. The van der Waals surface area contributed by atoms with Gasteiger partial charge < -0.3 is 14.7 Å². The van der Waals surface area contributed by atoms with E-state index in [9.17, 15) is 14.0 Å². The quantitative estimate of drug-likeness (QED) is 0.891. The number of benzene rings is 1. The van der Waals surface area contributed by atoms with Gasteiger partial charge in [0.05, 0.1) is 25.7 Å². The zero-order valence-electron chi connectivity index (χ0n) is 11.1. The van der Waals surface area contributed by atoms with Crippen molar-refractivity contribution in [1.82, 2.24) is 4.90 Å². The summed E-state index contributed by atoms with van der Waals surface area (Å²) in [5.74, 6) is -2.23. The molecule has 0 spiro atoms. The van der Waals surface area contributed by atoms with E-state index in [1.807, 2.05) is 0 Å². The monoisotopic (exact) mass is 281 g/mol. The molecule has 0 bridgehead atoms. The van der Waals surface area contributed by atoms with E-state index in [0.717, 1.165) is 0 Å². The molecule has 1 N–H and O–H groups in total. The van der Waals surface area contributed by atoms with Gasteiger partial charge in [0, 0.05) is 7.05 Å². The van der Waals surface area contributed by atoms with Crippen LogP contribution in [0.2, 0.25) is 0 Å². The molecular formula is C14H16FNO4. The number of hydrogen-bond acceptors (Lipinski definition) is 3. The molecular weight excluding hydrogens is 265 g/mol. The smallest absolute Gasteiger partial charge is 0.311 e. The summed E-state index contributed by atoms with van der Waals surface area (Å²) in [6.45, 7) is 0.344. The summed E-state index contributed by atoms with van der Waals surface area (Å²) < 4.78 is 17.9. The molecule has 108 valence electrons. The minimum absolute atomic E-state index is 0.111. The van der Waals surface area contributed by atoms with Gasteiger partial charge in [-0.15, -0.1) is 0 Å². The maximum Gasteiger partial charge on any atom is 0.311 e. The lowest BCUT2D eigenvalue weighted by molar-refractivity contribution is -0.144. The Kier molecular flexibility index (Phi) is 4.34. The molecule has 2 unspecified atom stereocenters. The van der Waals surface area contributed by atoms with Crippen LogP contribution in [-0.2, 0) is 20.7 Å². The Balaban J connectivity index is 2.01. The molecule has 1 amide bonds. The van der Waals surface area contributed by atoms with Gasteiger partial charge in [-0.05, 0) is 17.7 Å². The molecule has 0 aliphatic carbocycles. The first kappa shape index (κ1) is 14.5. The number of hydrogen-bond donors (Lipinski definition) is 1. The van der Waals surface area contributed by atoms with Crippen LogP contribution in [0.3, 0.4) is 0 Å². The summed E-state index contributed by atoms with van der Waals surface area (Å²) in [6.07, 6.45) is 0.111. The molecule has 1 aromatic carbocycles. The molecule has 20 heavy (non-hydrogen) atoms. The summed E-state index contributed by atoms with van der Waals surface area (Å²) in [7, 11) is 1.57. The van der Waals surface area contributed by atoms with Gasteiger partial charge in [-0.25, -0.2) is 4.39 Å². The highest BCUT2D eigenvalue weighted by molar-refractivity contribution is 5.80. The van der Waals surface area contributed by atoms with Crippen LogP contribution in [0, 0.1) is 11.7 Å². The van der Waals surface area contributed by atoms with E-state index in [1.165, 1.54) is 17.0 Å². The van der Waals surface area contributed by atoms with E-state index >= 15 is 0 Å². The Morgan fingerprint density at radius 1 is 1.35 bits per heavy atom. The minimum atomic E-state index is -0.964. The van der Waals surface area contributed by atoms with Gasteiger partial charge in [0.25, 0.3) is 0 Å². The predicted octanol–water partition coefficient (Wildman–Crippen LogP) is 0.926. The third kappa shape index (κ3) is 3.14. The maximum absolute atomic E-state index is 12.8. The Labute approximate surface area is 116 Å². The van der Waals surface area contributed by atoms with Gasteiger partial charge in [-0.3, -0.25) is 9.59 Å². The summed E-state index contributed by atoms with van der Waals surface area (Å²) in [4.78, 5) is 24.6. The summed E-state index contributed by atoms with van der Waals surface area (Å²) in [6, 6.07) is 5.21. The molecule has 1 fully saturated rings. The Hall–Kier alpha value is -1.95. The molecule has 0 aromatic heterocycles. The number of carboxylic acid groups (broad SMARTS) is 1. The Morgan fingerprint density at radius 2 is 2.00 bits per heavy atom. The lowest BCUT2D eigenvalue weighted by Gasteiger charge is -2.26. The average molecular weight is 281 g/mol. The molecule has 2 atom stereocenters. The van der Waals surface area contributed by atoms with Crippen molar-refractivity contribution in [3.8, 4) is 0 Å². The third-order valence-electron chi connectivity index (χ3n) is 3.53. The van der Waals surface area contributed by atoms with E-state index in [1.54, 1.807) is 19.2 Å². The van der Waals surface area contributed by atoms with Gasteiger partial charge >= 0.3 is 5.97 Å². The minimum Gasteiger partial charge on any atom is -0.481 e. The summed E-state index contributed by atoms with van der Waals surface area (Å²) >= 11 is 0. The van der Waals surface area contributed by atoms with Crippen molar-refractivity contribution >= 4 is 11.9 Å². The number of nitrogens with zero attached hydrogens (tertiary/aromatic N) is 1. The Bertz CT molecular complexity index is 502. The van der Waals surface area contributed by atoms with Crippen LogP contribution in [-0.4, -0.2) is 48.2 Å². The predicted molar refractivity (Wildman–Crippen MR) is 68.6 cm³/mol. The molecule has 1 aromatic rings. The second kappa shape index (κ2) is 6.00. The largest absolute Gasteiger partial charge is 0.481 e. The van der Waals surface area contributed by atoms with Crippen LogP contribution >= 0.6 is 0 Å². The summed E-state index contributed by atoms with van der Waals surface area (Å²) in [5, 5.41) is 9.07. The first-order valence-electron chi connectivity index (χ1n) is 6.29. The van der Waals surface area contributed by atoms with Crippen LogP contribution in [0.25, 0.3) is 0 Å². The molecule has 2 rings (SSSR count). The number of amides is 1. The second-order valence-electron chi connectivity index (χ2n) is 4.86. The highest BCUT2D eigenvalue weighted by atomic mass is 19.1. The van der Waals surface area contributed by atoms with Gasteiger partial charge in [-0.2, -0.15) is 0 Å².